The van der Waals surface area contributed by atoms with Crippen LogP contribution in [0.1, 0.15) is 40.5 Å². The van der Waals surface area contributed by atoms with Gasteiger partial charge in [-0.05, 0) is 49.1 Å². The smallest absolute Gasteiger partial charge is 0.269 e. The average Bonchev–Trinajstić information content (AvgIpc) is 3.19. The third-order valence-electron chi connectivity index (χ3n) is 3.39. The predicted molar refractivity (Wildman–Crippen MR) is 99.1 cm³/mol. The van der Waals surface area contributed by atoms with Gasteiger partial charge in [-0.3, -0.25) is 25.2 Å². The molecule has 0 saturated carbocycles. The Morgan fingerprint density at radius 3 is 2.42 bits per heavy atom. The molecule has 7 nitrogen and oxygen atoms in total. The summed E-state index contributed by atoms with van der Waals surface area (Å²) < 4.78 is 5.30. The molecule has 0 spiro atoms. The van der Waals surface area contributed by atoms with Gasteiger partial charge in [-0.1, -0.05) is 0 Å². The molecule has 1 heterocycles. The zero-order valence-corrected chi connectivity index (χ0v) is 15.2. The van der Waals surface area contributed by atoms with E-state index in [-0.39, 0.29) is 18.2 Å². The maximum Gasteiger partial charge on any atom is 0.269 e. The highest BCUT2D eigenvalue weighted by Gasteiger charge is 2.08. The Kier molecular flexibility index (Phi) is 7.63. The summed E-state index contributed by atoms with van der Waals surface area (Å²) in [6.45, 7) is 2.81. The number of hydrazine groups is 1. The average molecular weight is 375 g/mol. The fourth-order valence-electron chi connectivity index (χ4n) is 2.08. The molecule has 138 valence electrons. The van der Waals surface area contributed by atoms with E-state index in [0.717, 1.165) is 0 Å². The minimum atomic E-state index is -0.410. The van der Waals surface area contributed by atoms with E-state index in [9.17, 15) is 14.4 Å². The van der Waals surface area contributed by atoms with Crippen molar-refractivity contribution in [3.8, 4) is 5.75 Å². The molecule has 2 rings (SSSR count). The van der Waals surface area contributed by atoms with Crippen molar-refractivity contribution in [2.75, 3.05) is 13.2 Å². The Morgan fingerprint density at radius 2 is 1.77 bits per heavy atom. The van der Waals surface area contributed by atoms with E-state index in [2.05, 4.69) is 16.2 Å². The molecular weight excluding hydrogens is 354 g/mol. The summed E-state index contributed by atoms with van der Waals surface area (Å²) in [5.41, 5.74) is 5.74. The largest absolute Gasteiger partial charge is 0.494 e. The van der Waals surface area contributed by atoms with Crippen molar-refractivity contribution in [1.82, 2.24) is 16.2 Å². The van der Waals surface area contributed by atoms with Crippen LogP contribution in [0.4, 0.5) is 0 Å². The Hall–Kier alpha value is -2.87. The van der Waals surface area contributed by atoms with E-state index >= 15 is 0 Å². The lowest BCUT2D eigenvalue weighted by atomic mass is 10.2. The summed E-state index contributed by atoms with van der Waals surface area (Å²) in [5, 5.41) is 6.33. The number of hydrogen-bond donors (Lipinski definition) is 3. The number of hydrogen-bond acceptors (Lipinski definition) is 5. The van der Waals surface area contributed by atoms with Crippen LogP contribution in [0.15, 0.2) is 41.1 Å². The zero-order valence-electron chi connectivity index (χ0n) is 14.4. The molecular formula is C18H21N3O4S. The molecule has 26 heavy (non-hydrogen) atoms. The monoisotopic (exact) mass is 375 g/mol. The zero-order chi connectivity index (χ0) is 18.8. The van der Waals surface area contributed by atoms with Gasteiger partial charge in [0, 0.05) is 29.5 Å². The SMILES string of the molecule is CCOc1ccc(C(=O)NNC(=O)CCCNC(=O)c2ccsc2)cc1. The van der Waals surface area contributed by atoms with Gasteiger partial charge >= 0.3 is 0 Å². The van der Waals surface area contributed by atoms with Crippen LogP contribution in [0.2, 0.25) is 0 Å². The van der Waals surface area contributed by atoms with Crippen LogP contribution in [-0.2, 0) is 4.79 Å². The lowest BCUT2D eigenvalue weighted by molar-refractivity contribution is -0.121. The number of carbonyl (C=O) groups excluding carboxylic acids is 3. The number of nitrogens with one attached hydrogen (secondary N) is 3. The molecule has 0 radical (unpaired) electrons. The number of ether oxygens (including phenoxy) is 1. The van der Waals surface area contributed by atoms with Crippen molar-refractivity contribution in [2.45, 2.75) is 19.8 Å². The molecule has 0 bridgehead atoms. The van der Waals surface area contributed by atoms with Gasteiger partial charge in [-0.25, -0.2) is 0 Å². The number of amides is 3. The van der Waals surface area contributed by atoms with Crippen molar-refractivity contribution >= 4 is 29.1 Å². The van der Waals surface area contributed by atoms with Gasteiger partial charge in [0.2, 0.25) is 5.91 Å². The number of thiophene rings is 1. The van der Waals surface area contributed by atoms with E-state index in [4.69, 9.17) is 4.74 Å². The first-order valence-corrected chi connectivity index (χ1v) is 9.17. The predicted octanol–water partition coefficient (Wildman–Crippen LogP) is 2.12. The Balaban J connectivity index is 1.63. The quantitative estimate of drug-likeness (QED) is 0.486. The Labute approximate surface area is 155 Å². The first-order valence-electron chi connectivity index (χ1n) is 8.22. The van der Waals surface area contributed by atoms with Crippen molar-refractivity contribution in [1.29, 1.82) is 0 Å². The van der Waals surface area contributed by atoms with E-state index in [0.29, 0.717) is 36.4 Å². The van der Waals surface area contributed by atoms with Crippen LogP contribution in [0.5, 0.6) is 5.75 Å². The molecule has 3 amide bonds. The van der Waals surface area contributed by atoms with Crippen LogP contribution >= 0.6 is 11.3 Å². The third kappa shape index (κ3) is 6.21. The molecule has 1 aromatic carbocycles. The van der Waals surface area contributed by atoms with Gasteiger partial charge in [0.05, 0.1) is 6.61 Å². The van der Waals surface area contributed by atoms with Crippen LogP contribution in [0, 0.1) is 0 Å². The lowest BCUT2D eigenvalue weighted by Gasteiger charge is -2.08. The highest BCUT2D eigenvalue weighted by atomic mass is 32.1. The van der Waals surface area contributed by atoms with Crippen molar-refractivity contribution < 1.29 is 19.1 Å². The van der Waals surface area contributed by atoms with Gasteiger partial charge in [0.15, 0.2) is 0 Å². The molecule has 2 aromatic rings. The number of rotatable bonds is 8. The Bertz CT molecular complexity index is 729. The van der Waals surface area contributed by atoms with E-state index < -0.39 is 5.91 Å². The van der Waals surface area contributed by atoms with Gasteiger partial charge in [-0.2, -0.15) is 11.3 Å². The fourth-order valence-corrected chi connectivity index (χ4v) is 2.71. The highest BCUT2D eigenvalue weighted by Crippen LogP contribution is 2.11. The molecule has 0 atom stereocenters. The van der Waals surface area contributed by atoms with Crippen LogP contribution < -0.4 is 20.9 Å². The fraction of sp³-hybridized carbons (Fsp3) is 0.278. The van der Waals surface area contributed by atoms with Crippen molar-refractivity contribution in [3.05, 3.63) is 52.2 Å². The lowest BCUT2D eigenvalue weighted by Crippen LogP contribution is -2.41. The summed E-state index contributed by atoms with van der Waals surface area (Å²) in [7, 11) is 0. The normalized spacial score (nSPS) is 10.0. The molecule has 0 fully saturated rings. The van der Waals surface area contributed by atoms with Crippen molar-refractivity contribution in [3.63, 3.8) is 0 Å². The maximum absolute atomic E-state index is 11.9. The van der Waals surface area contributed by atoms with Crippen LogP contribution in [0.25, 0.3) is 0 Å². The Morgan fingerprint density at radius 1 is 1.00 bits per heavy atom. The second-order valence-electron chi connectivity index (χ2n) is 5.33. The van der Waals surface area contributed by atoms with Crippen LogP contribution in [-0.4, -0.2) is 30.9 Å². The van der Waals surface area contributed by atoms with Gasteiger partial charge < -0.3 is 10.1 Å². The third-order valence-corrected chi connectivity index (χ3v) is 4.08. The first kappa shape index (κ1) is 19.5. The number of benzene rings is 1. The highest BCUT2D eigenvalue weighted by molar-refractivity contribution is 7.08. The maximum atomic E-state index is 11.9. The standard InChI is InChI=1S/C18H21N3O4S/c1-2-25-15-7-5-13(6-8-15)18(24)21-20-16(22)4-3-10-19-17(23)14-9-11-26-12-14/h5-9,11-12H,2-4,10H2,1H3,(H,19,23)(H,20,22)(H,21,24). The second-order valence-corrected chi connectivity index (χ2v) is 6.11. The number of carbonyl (C=O) groups is 3. The van der Waals surface area contributed by atoms with Gasteiger partial charge in [-0.15, -0.1) is 0 Å². The topological polar surface area (TPSA) is 96.5 Å². The van der Waals surface area contributed by atoms with E-state index in [1.807, 2.05) is 12.3 Å². The van der Waals surface area contributed by atoms with E-state index in [1.165, 1.54) is 11.3 Å². The summed E-state index contributed by atoms with van der Waals surface area (Å²) >= 11 is 1.45. The minimum Gasteiger partial charge on any atom is -0.494 e. The summed E-state index contributed by atoms with van der Waals surface area (Å²) in [6.07, 6.45) is 0.661. The summed E-state index contributed by atoms with van der Waals surface area (Å²) in [4.78, 5) is 35.4. The van der Waals surface area contributed by atoms with Gasteiger partial charge in [0.25, 0.3) is 11.8 Å². The second kappa shape index (κ2) is 10.2. The first-order chi connectivity index (χ1) is 12.6. The molecule has 0 aliphatic rings. The van der Waals surface area contributed by atoms with Crippen LogP contribution in [0.3, 0.4) is 0 Å². The molecule has 0 saturated heterocycles. The summed E-state index contributed by atoms with van der Waals surface area (Å²) in [5.74, 6) is -0.214. The molecule has 8 heteroatoms. The van der Waals surface area contributed by atoms with Gasteiger partial charge in [0.1, 0.15) is 5.75 Å². The van der Waals surface area contributed by atoms with E-state index in [1.54, 1.807) is 35.7 Å². The molecule has 0 aliphatic carbocycles. The van der Waals surface area contributed by atoms with Crippen molar-refractivity contribution in [2.24, 2.45) is 0 Å². The summed E-state index contributed by atoms with van der Waals surface area (Å²) in [6, 6.07) is 8.36. The molecule has 3 N–H and O–H groups in total. The molecule has 1 aromatic heterocycles. The minimum absolute atomic E-state index is 0.157. The molecule has 0 aliphatic heterocycles. The molecule has 0 unspecified atom stereocenters.